The molecule has 0 amide bonds. The van der Waals surface area contributed by atoms with Gasteiger partial charge in [-0.3, -0.25) is 4.79 Å². The molecule has 1 aliphatic carbocycles. The number of benzene rings is 2. The third kappa shape index (κ3) is 4.86. The monoisotopic (exact) mass is 497 g/mol. The van der Waals surface area contributed by atoms with Gasteiger partial charge >= 0.3 is 0 Å². The lowest BCUT2D eigenvalue weighted by atomic mass is 10.0. The van der Waals surface area contributed by atoms with Gasteiger partial charge in [0, 0.05) is 68.2 Å². The first-order chi connectivity index (χ1) is 16.8. The molecule has 0 saturated carbocycles. The Kier molecular flexibility index (Phi) is 6.68. The van der Waals surface area contributed by atoms with E-state index in [4.69, 9.17) is 0 Å². The lowest BCUT2D eigenvalue weighted by molar-refractivity contribution is -0.114. The fraction of sp³-hybridized carbons (Fsp3) is 0.444. The van der Waals surface area contributed by atoms with Crippen LogP contribution < -0.4 is 4.90 Å². The van der Waals surface area contributed by atoms with E-state index < -0.39 is 15.3 Å². The molecule has 2 heterocycles. The molecule has 2 aromatic carbocycles. The highest BCUT2D eigenvalue weighted by Gasteiger charge is 2.40. The number of sulfonamides is 1. The summed E-state index contributed by atoms with van der Waals surface area (Å²) >= 11 is 0. The zero-order chi connectivity index (χ0) is 24.6. The Labute approximate surface area is 207 Å². The molecule has 1 unspecified atom stereocenters. The highest BCUT2D eigenvalue weighted by molar-refractivity contribution is 7.89. The minimum Gasteiger partial charge on any atom is -0.371 e. The second-order valence-electron chi connectivity index (χ2n) is 9.77. The van der Waals surface area contributed by atoms with Crippen LogP contribution >= 0.6 is 0 Å². The van der Waals surface area contributed by atoms with E-state index in [1.165, 1.54) is 10.4 Å². The highest BCUT2D eigenvalue weighted by Crippen LogP contribution is 2.38. The van der Waals surface area contributed by atoms with E-state index in [9.17, 15) is 13.2 Å². The van der Waals surface area contributed by atoms with Crippen LogP contribution in [0.5, 0.6) is 0 Å². The van der Waals surface area contributed by atoms with Gasteiger partial charge in [0.2, 0.25) is 10.0 Å². The van der Waals surface area contributed by atoms with Crippen molar-refractivity contribution in [2.45, 2.75) is 50.4 Å². The summed E-state index contributed by atoms with van der Waals surface area (Å²) in [5.41, 5.74) is 3.10. The van der Waals surface area contributed by atoms with Gasteiger partial charge in [0.25, 0.3) is 0 Å². The van der Waals surface area contributed by atoms with Gasteiger partial charge in [-0.25, -0.2) is 12.8 Å². The standard InChI is InChI=1S/C27H32FN3O3S/c1-20-7-12-27(21-5-3-2-4-6-21)35(33,34)31(20)19-22-8-9-24(18-26(22)28)30-15-13-29(14-16-30)23-10-11-25(32)17-23/h2-6,8-9,17-18,20,27H,7,10-16,19H2,1H3/t20-,27?/m0/s1. The summed E-state index contributed by atoms with van der Waals surface area (Å²) in [4.78, 5) is 15.9. The average molecular weight is 498 g/mol. The van der Waals surface area contributed by atoms with Gasteiger partial charge in [-0.1, -0.05) is 36.4 Å². The molecule has 3 aliphatic rings. The average Bonchev–Trinajstić information content (AvgIpc) is 3.29. The minimum atomic E-state index is -3.61. The molecule has 2 atom stereocenters. The summed E-state index contributed by atoms with van der Waals surface area (Å²) in [5, 5.41) is -0.594. The van der Waals surface area contributed by atoms with Crippen molar-refractivity contribution in [2.24, 2.45) is 0 Å². The van der Waals surface area contributed by atoms with Crippen molar-refractivity contribution in [1.29, 1.82) is 0 Å². The van der Waals surface area contributed by atoms with Gasteiger partial charge in [-0.05, 0) is 43.9 Å². The number of ketones is 1. The van der Waals surface area contributed by atoms with E-state index in [-0.39, 0.29) is 24.2 Å². The summed E-state index contributed by atoms with van der Waals surface area (Å²) in [5.74, 6) is -0.182. The van der Waals surface area contributed by atoms with Crippen LogP contribution in [0.25, 0.3) is 0 Å². The number of halogens is 1. The van der Waals surface area contributed by atoms with Crippen LogP contribution in [-0.4, -0.2) is 55.6 Å². The number of carbonyl (C=O) groups is 1. The molecule has 0 spiro atoms. The second-order valence-corrected chi connectivity index (χ2v) is 11.8. The van der Waals surface area contributed by atoms with Crippen LogP contribution in [0.2, 0.25) is 0 Å². The zero-order valence-electron chi connectivity index (χ0n) is 20.1. The van der Waals surface area contributed by atoms with Gasteiger partial charge in [0.1, 0.15) is 11.1 Å². The molecule has 2 aromatic rings. The molecular formula is C27H32FN3O3S. The quantitative estimate of drug-likeness (QED) is 0.618. The molecule has 35 heavy (non-hydrogen) atoms. The Balaban J connectivity index is 1.28. The topological polar surface area (TPSA) is 60.9 Å². The van der Waals surface area contributed by atoms with Crippen LogP contribution in [0.4, 0.5) is 10.1 Å². The van der Waals surface area contributed by atoms with Crippen LogP contribution in [0.1, 0.15) is 49.0 Å². The highest BCUT2D eigenvalue weighted by atomic mass is 32.2. The largest absolute Gasteiger partial charge is 0.371 e. The smallest absolute Gasteiger partial charge is 0.221 e. The van der Waals surface area contributed by atoms with Crippen molar-refractivity contribution in [2.75, 3.05) is 31.1 Å². The van der Waals surface area contributed by atoms with Crippen molar-refractivity contribution in [3.05, 3.63) is 77.2 Å². The normalized spacial score (nSPS) is 25.1. The number of allylic oxidation sites excluding steroid dienone is 2. The Bertz CT molecular complexity index is 1220. The number of anilines is 1. The van der Waals surface area contributed by atoms with Gasteiger partial charge < -0.3 is 9.80 Å². The van der Waals surface area contributed by atoms with Crippen molar-refractivity contribution in [3.8, 4) is 0 Å². The summed E-state index contributed by atoms with van der Waals surface area (Å²) in [6.45, 7) is 5.04. The van der Waals surface area contributed by atoms with Crippen LogP contribution in [-0.2, 0) is 21.4 Å². The van der Waals surface area contributed by atoms with E-state index in [0.29, 0.717) is 18.4 Å². The third-order valence-corrected chi connectivity index (χ3v) is 9.93. The number of carbonyl (C=O) groups excluding carboxylic acids is 1. The minimum absolute atomic E-state index is 0.0366. The van der Waals surface area contributed by atoms with E-state index in [0.717, 1.165) is 56.0 Å². The van der Waals surface area contributed by atoms with Crippen LogP contribution in [0, 0.1) is 5.82 Å². The molecule has 186 valence electrons. The molecular weight excluding hydrogens is 465 g/mol. The molecule has 8 heteroatoms. The first-order valence-corrected chi connectivity index (χ1v) is 13.9. The molecule has 2 saturated heterocycles. The summed E-state index contributed by atoms with van der Waals surface area (Å²) < 4.78 is 43.7. The van der Waals surface area contributed by atoms with E-state index in [1.54, 1.807) is 12.1 Å². The number of rotatable bonds is 5. The SMILES string of the molecule is C[C@H]1CCC(c2ccccc2)S(=O)(=O)N1Cc1ccc(N2CCN(C3=CC(=O)CC3)CC2)cc1F. The first-order valence-electron chi connectivity index (χ1n) is 12.4. The number of nitrogens with zero attached hydrogens (tertiary/aromatic N) is 3. The van der Waals surface area contributed by atoms with Gasteiger partial charge in [0.15, 0.2) is 5.78 Å². The third-order valence-electron chi connectivity index (χ3n) is 7.56. The molecule has 6 nitrogen and oxygen atoms in total. The van der Waals surface area contributed by atoms with Gasteiger partial charge in [-0.2, -0.15) is 4.31 Å². The maximum Gasteiger partial charge on any atom is 0.221 e. The Morgan fingerprint density at radius 3 is 2.31 bits per heavy atom. The Morgan fingerprint density at radius 1 is 0.943 bits per heavy atom. The lowest BCUT2D eigenvalue weighted by Crippen LogP contribution is -2.46. The molecule has 2 aliphatic heterocycles. The molecule has 0 radical (unpaired) electrons. The molecule has 0 bridgehead atoms. The number of piperazine rings is 1. The van der Waals surface area contributed by atoms with E-state index in [2.05, 4.69) is 9.80 Å². The van der Waals surface area contributed by atoms with Crippen molar-refractivity contribution >= 4 is 21.5 Å². The summed E-state index contributed by atoms with van der Waals surface area (Å²) in [7, 11) is -3.61. The second kappa shape index (κ2) is 9.74. The van der Waals surface area contributed by atoms with E-state index >= 15 is 4.39 Å². The molecule has 5 rings (SSSR count). The van der Waals surface area contributed by atoms with Gasteiger partial charge in [0.05, 0.1) is 0 Å². The molecule has 2 fully saturated rings. The van der Waals surface area contributed by atoms with Crippen molar-refractivity contribution in [3.63, 3.8) is 0 Å². The predicted octanol–water partition coefficient (Wildman–Crippen LogP) is 4.25. The summed E-state index contributed by atoms with van der Waals surface area (Å²) in [6, 6.07) is 14.3. The van der Waals surface area contributed by atoms with Crippen LogP contribution in [0.15, 0.2) is 60.3 Å². The maximum absolute atomic E-state index is 15.2. The lowest BCUT2D eigenvalue weighted by Gasteiger charge is -2.38. The first kappa shape index (κ1) is 24.0. The number of hydrogen-bond donors (Lipinski definition) is 0. The fourth-order valence-electron chi connectivity index (χ4n) is 5.46. The fourth-order valence-corrected chi connectivity index (χ4v) is 7.65. The van der Waals surface area contributed by atoms with Crippen molar-refractivity contribution in [1.82, 2.24) is 9.21 Å². The molecule has 0 aromatic heterocycles. The van der Waals surface area contributed by atoms with Gasteiger partial charge in [-0.15, -0.1) is 0 Å². The van der Waals surface area contributed by atoms with E-state index in [1.807, 2.05) is 43.3 Å². The van der Waals surface area contributed by atoms with Crippen LogP contribution in [0.3, 0.4) is 0 Å². The Morgan fingerprint density at radius 2 is 1.66 bits per heavy atom. The summed E-state index contributed by atoms with van der Waals surface area (Å²) in [6.07, 6.45) is 4.47. The maximum atomic E-state index is 15.2. The van der Waals surface area contributed by atoms with Crippen molar-refractivity contribution < 1.29 is 17.6 Å². The predicted molar refractivity (Wildman–Crippen MR) is 135 cm³/mol. The number of hydrogen-bond acceptors (Lipinski definition) is 5. The molecule has 0 N–H and O–H groups in total. The Hall–Kier alpha value is -2.71. The zero-order valence-corrected chi connectivity index (χ0v) is 20.9.